The van der Waals surface area contributed by atoms with Crippen LogP contribution in [0.1, 0.15) is 26.7 Å². The summed E-state index contributed by atoms with van der Waals surface area (Å²) in [6.45, 7) is 3.24. The van der Waals surface area contributed by atoms with Crippen LogP contribution in [0.25, 0.3) is 0 Å². The number of rotatable bonds is 7. The van der Waals surface area contributed by atoms with Crippen molar-refractivity contribution in [3.8, 4) is 0 Å². The molecule has 0 fully saturated rings. The Hall–Kier alpha value is -0.730. The highest BCUT2D eigenvalue weighted by Crippen LogP contribution is 2.07. The van der Waals surface area contributed by atoms with Crippen molar-refractivity contribution in [3.05, 3.63) is 0 Å². The standard InChI is InChI=1S/C9H18N2O4S2/c1-4-7(9(10)16)17(13,14)11-6(2)5-8(12)15-3/h6-7,11H,4-5H2,1-3H3,(H2,10,16). The van der Waals surface area contributed by atoms with Gasteiger partial charge in [-0.3, -0.25) is 4.79 Å². The van der Waals surface area contributed by atoms with Gasteiger partial charge in [0.05, 0.1) is 18.5 Å². The maximum Gasteiger partial charge on any atom is 0.307 e. The quantitative estimate of drug-likeness (QED) is 0.501. The summed E-state index contributed by atoms with van der Waals surface area (Å²) < 4.78 is 30.5. The third-order valence-electron chi connectivity index (χ3n) is 2.13. The Morgan fingerprint density at radius 3 is 2.41 bits per heavy atom. The third-order valence-corrected chi connectivity index (χ3v) is 4.63. The molecule has 17 heavy (non-hydrogen) atoms. The molecule has 0 aromatic heterocycles. The lowest BCUT2D eigenvalue weighted by molar-refractivity contribution is -0.140. The molecule has 0 aliphatic rings. The molecule has 2 unspecified atom stereocenters. The predicted octanol–water partition coefficient (Wildman–Crippen LogP) is -0.0779. The van der Waals surface area contributed by atoms with Crippen LogP contribution in [0.2, 0.25) is 0 Å². The summed E-state index contributed by atoms with van der Waals surface area (Å²) in [4.78, 5) is 10.9. The van der Waals surface area contributed by atoms with E-state index < -0.39 is 27.3 Å². The zero-order valence-electron chi connectivity index (χ0n) is 10.1. The normalized spacial score (nSPS) is 15.0. The topological polar surface area (TPSA) is 98.5 Å². The minimum Gasteiger partial charge on any atom is -0.469 e. The van der Waals surface area contributed by atoms with E-state index in [1.165, 1.54) is 7.11 Å². The van der Waals surface area contributed by atoms with Crippen molar-refractivity contribution in [1.29, 1.82) is 0 Å². The van der Waals surface area contributed by atoms with Crippen LogP contribution in [0, 0.1) is 0 Å². The average molecular weight is 282 g/mol. The van der Waals surface area contributed by atoms with Crippen LogP contribution in [0.5, 0.6) is 0 Å². The van der Waals surface area contributed by atoms with E-state index in [2.05, 4.69) is 9.46 Å². The minimum atomic E-state index is -3.65. The maximum absolute atomic E-state index is 11.9. The maximum atomic E-state index is 11.9. The summed E-state index contributed by atoms with van der Waals surface area (Å²) in [7, 11) is -2.41. The molecule has 0 rings (SSSR count). The average Bonchev–Trinajstić information content (AvgIpc) is 2.15. The van der Waals surface area contributed by atoms with Gasteiger partial charge in [-0.25, -0.2) is 13.1 Å². The number of nitrogens with two attached hydrogens (primary N) is 1. The van der Waals surface area contributed by atoms with Crippen molar-refractivity contribution in [3.63, 3.8) is 0 Å². The first-order chi connectivity index (χ1) is 7.74. The van der Waals surface area contributed by atoms with Crippen molar-refractivity contribution in [2.45, 2.75) is 38.0 Å². The minimum absolute atomic E-state index is 0.0382. The second-order valence-electron chi connectivity index (χ2n) is 3.64. The predicted molar refractivity (Wildman–Crippen MR) is 69.0 cm³/mol. The van der Waals surface area contributed by atoms with E-state index in [-0.39, 0.29) is 17.8 Å². The van der Waals surface area contributed by atoms with Gasteiger partial charge in [-0.2, -0.15) is 0 Å². The number of hydrogen-bond donors (Lipinski definition) is 2. The van der Waals surface area contributed by atoms with Gasteiger partial charge in [-0.15, -0.1) is 0 Å². The van der Waals surface area contributed by atoms with Crippen LogP contribution in [0.4, 0.5) is 0 Å². The number of methoxy groups -OCH3 is 1. The molecule has 100 valence electrons. The van der Waals surface area contributed by atoms with Gasteiger partial charge < -0.3 is 10.5 Å². The van der Waals surface area contributed by atoms with Gasteiger partial charge >= 0.3 is 5.97 Å². The van der Waals surface area contributed by atoms with Gasteiger partial charge in [-0.1, -0.05) is 19.1 Å². The molecule has 0 aromatic rings. The largest absolute Gasteiger partial charge is 0.469 e. The van der Waals surface area contributed by atoms with E-state index in [4.69, 9.17) is 18.0 Å². The first-order valence-corrected chi connectivity index (χ1v) is 7.07. The summed E-state index contributed by atoms with van der Waals surface area (Å²) in [5.74, 6) is -0.483. The fourth-order valence-corrected chi connectivity index (χ4v) is 3.41. The molecule has 0 amide bonds. The van der Waals surface area contributed by atoms with Crippen molar-refractivity contribution in [2.24, 2.45) is 5.73 Å². The first-order valence-electron chi connectivity index (χ1n) is 5.11. The molecule has 0 aromatic carbocycles. The van der Waals surface area contributed by atoms with Crippen LogP contribution < -0.4 is 10.5 Å². The second kappa shape index (κ2) is 6.87. The van der Waals surface area contributed by atoms with Gasteiger partial charge in [0.2, 0.25) is 10.0 Å². The monoisotopic (exact) mass is 282 g/mol. The zero-order chi connectivity index (χ0) is 13.6. The molecule has 0 radical (unpaired) electrons. The Morgan fingerprint density at radius 2 is 2.06 bits per heavy atom. The van der Waals surface area contributed by atoms with E-state index in [1.807, 2.05) is 0 Å². The highest BCUT2D eigenvalue weighted by Gasteiger charge is 2.28. The van der Waals surface area contributed by atoms with Crippen LogP contribution in [-0.2, 0) is 19.6 Å². The number of sulfonamides is 1. The number of ether oxygens (including phenoxy) is 1. The number of esters is 1. The smallest absolute Gasteiger partial charge is 0.307 e. The molecular weight excluding hydrogens is 264 g/mol. The molecule has 0 aliphatic carbocycles. The van der Waals surface area contributed by atoms with E-state index in [1.54, 1.807) is 13.8 Å². The SMILES string of the molecule is CCC(C(N)=S)S(=O)(=O)NC(C)CC(=O)OC. The van der Waals surface area contributed by atoms with Crippen molar-refractivity contribution in [1.82, 2.24) is 4.72 Å². The second-order valence-corrected chi connectivity index (χ2v) is 6.01. The molecule has 0 aliphatic heterocycles. The van der Waals surface area contributed by atoms with E-state index >= 15 is 0 Å². The van der Waals surface area contributed by atoms with Crippen molar-refractivity contribution >= 4 is 33.2 Å². The number of hydrogen-bond acceptors (Lipinski definition) is 5. The third kappa shape index (κ3) is 5.42. The molecule has 0 saturated heterocycles. The molecule has 0 spiro atoms. The van der Waals surface area contributed by atoms with Gasteiger partial charge in [0, 0.05) is 6.04 Å². The van der Waals surface area contributed by atoms with Crippen molar-refractivity contribution < 1.29 is 17.9 Å². The molecule has 2 atom stereocenters. The Balaban J connectivity index is 4.64. The Kier molecular flexibility index (Phi) is 6.58. The van der Waals surface area contributed by atoms with Crippen LogP contribution >= 0.6 is 12.2 Å². The van der Waals surface area contributed by atoms with Crippen molar-refractivity contribution in [2.75, 3.05) is 7.11 Å². The molecule has 8 heteroatoms. The highest BCUT2D eigenvalue weighted by atomic mass is 32.2. The summed E-state index contributed by atoms with van der Waals surface area (Å²) >= 11 is 4.69. The number of nitrogens with one attached hydrogen (secondary N) is 1. The lowest BCUT2D eigenvalue weighted by atomic mass is 10.3. The van der Waals surface area contributed by atoms with Gasteiger partial charge in [0.1, 0.15) is 5.25 Å². The Bertz CT molecular complexity index is 380. The molecular formula is C9H18N2O4S2. The van der Waals surface area contributed by atoms with Gasteiger partial charge in [-0.05, 0) is 13.3 Å². The summed E-state index contributed by atoms with van der Waals surface area (Å²) in [5.41, 5.74) is 5.36. The summed E-state index contributed by atoms with van der Waals surface area (Å²) in [5, 5.41) is -0.919. The Labute approximate surface area is 107 Å². The van der Waals surface area contributed by atoms with E-state index in [0.717, 1.165) is 0 Å². The summed E-state index contributed by atoms with van der Waals surface area (Å²) in [6, 6.07) is -0.559. The number of carbonyl (C=O) groups excluding carboxylic acids is 1. The molecule has 3 N–H and O–H groups in total. The first kappa shape index (κ1) is 16.3. The van der Waals surface area contributed by atoms with Crippen LogP contribution in [0.15, 0.2) is 0 Å². The molecule has 6 nitrogen and oxygen atoms in total. The molecule has 0 heterocycles. The lowest BCUT2D eigenvalue weighted by Crippen LogP contribution is -2.45. The number of thiocarbonyl (C=S) groups is 1. The zero-order valence-corrected chi connectivity index (χ0v) is 11.7. The van der Waals surface area contributed by atoms with E-state index in [0.29, 0.717) is 0 Å². The summed E-state index contributed by atoms with van der Waals surface area (Å²) in [6.07, 6.45) is 0.249. The fourth-order valence-electron chi connectivity index (χ4n) is 1.31. The van der Waals surface area contributed by atoms with Crippen LogP contribution in [-0.4, -0.2) is 37.8 Å². The number of carbonyl (C=O) groups is 1. The van der Waals surface area contributed by atoms with Gasteiger partial charge in [0.25, 0.3) is 0 Å². The van der Waals surface area contributed by atoms with Crippen LogP contribution in [0.3, 0.4) is 0 Å². The molecule has 0 saturated carbocycles. The van der Waals surface area contributed by atoms with Gasteiger partial charge in [0.15, 0.2) is 0 Å². The lowest BCUT2D eigenvalue weighted by Gasteiger charge is -2.18. The highest BCUT2D eigenvalue weighted by molar-refractivity contribution is 7.93. The molecule has 0 bridgehead atoms. The fraction of sp³-hybridized carbons (Fsp3) is 0.778. The Morgan fingerprint density at radius 1 is 1.53 bits per heavy atom. The van der Waals surface area contributed by atoms with E-state index in [9.17, 15) is 13.2 Å².